The van der Waals surface area contributed by atoms with Crippen LogP contribution in [0.25, 0.3) is 10.8 Å². The molecule has 120 valence electrons. The fourth-order valence-electron chi connectivity index (χ4n) is 1.85. The van der Waals surface area contributed by atoms with E-state index >= 15 is 0 Å². The van der Waals surface area contributed by atoms with Gasteiger partial charge < -0.3 is 14.5 Å². The number of carbonyl (C=O) groups excluding carboxylic acids is 3. The Labute approximate surface area is 130 Å². The zero-order chi connectivity index (χ0) is 17.0. The molecule has 1 heterocycles. The zero-order valence-electron chi connectivity index (χ0n) is 12.4. The normalized spacial score (nSPS) is 11.6. The lowest BCUT2D eigenvalue weighted by atomic mass is 10.1. The lowest BCUT2D eigenvalue weighted by Crippen LogP contribution is -2.39. The molecule has 0 spiro atoms. The van der Waals surface area contributed by atoms with E-state index in [0.717, 1.165) is 7.11 Å². The Kier molecular flexibility index (Phi) is 4.75. The Balaban J connectivity index is 2.16. The second kappa shape index (κ2) is 6.73. The standard InChI is InChI=1S/C15H14N2O6/c1-8(12(18)17-15(21)22-2)23-14(20)11-7-9-5-3-4-6-10(9)13(19)16-11/h3-8H,1-2H3,(H,16,19)(H,17,18,21)/t8-/m1/s1. The van der Waals surface area contributed by atoms with Gasteiger partial charge in [-0.05, 0) is 24.4 Å². The minimum Gasteiger partial charge on any atom is -0.453 e. The molecule has 2 rings (SSSR count). The second-order valence-corrected chi connectivity index (χ2v) is 4.63. The minimum absolute atomic E-state index is 0.0913. The van der Waals surface area contributed by atoms with Gasteiger partial charge in [-0.1, -0.05) is 18.2 Å². The van der Waals surface area contributed by atoms with Crippen molar-refractivity contribution in [3.63, 3.8) is 0 Å². The number of imide groups is 1. The van der Waals surface area contributed by atoms with Crippen LogP contribution in [-0.2, 0) is 14.3 Å². The van der Waals surface area contributed by atoms with Crippen LogP contribution in [0.5, 0.6) is 0 Å². The molecule has 8 heteroatoms. The smallest absolute Gasteiger partial charge is 0.413 e. The minimum atomic E-state index is -1.24. The number of alkyl carbamates (subject to hydrolysis) is 1. The molecule has 1 atom stereocenters. The first-order valence-corrected chi connectivity index (χ1v) is 6.64. The van der Waals surface area contributed by atoms with Crippen molar-refractivity contribution in [3.8, 4) is 0 Å². The van der Waals surface area contributed by atoms with Crippen LogP contribution in [0.1, 0.15) is 17.4 Å². The highest BCUT2D eigenvalue weighted by atomic mass is 16.6. The first-order chi connectivity index (χ1) is 10.9. The number of esters is 1. The van der Waals surface area contributed by atoms with Crippen LogP contribution in [-0.4, -0.2) is 36.2 Å². The number of nitrogens with one attached hydrogen (secondary N) is 2. The summed E-state index contributed by atoms with van der Waals surface area (Å²) in [5, 5.41) is 2.87. The van der Waals surface area contributed by atoms with Crippen molar-refractivity contribution >= 4 is 28.7 Å². The number of amides is 2. The van der Waals surface area contributed by atoms with E-state index in [2.05, 4.69) is 9.72 Å². The fraction of sp³-hybridized carbons (Fsp3) is 0.200. The third-order valence-electron chi connectivity index (χ3n) is 3.04. The van der Waals surface area contributed by atoms with Gasteiger partial charge in [0, 0.05) is 5.39 Å². The van der Waals surface area contributed by atoms with E-state index in [1.807, 2.05) is 5.32 Å². The summed E-state index contributed by atoms with van der Waals surface area (Å²) in [5.74, 6) is -1.73. The van der Waals surface area contributed by atoms with Crippen LogP contribution in [0.3, 0.4) is 0 Å². The highest BCUT2D eigenvalue weighted by Gasteiger charge is 2.21. The number of pyridine rings is 1. The lowest BCUT2D eigenvalue weighted by molar-refractivity contribution is -0.128. The van der Waals surface area contributed by atoms with Gasteiger partial charge in [-0.2, -0.15) is 0 Å². The molecule has 0 aliphatic rings. The molecule has 0 radical (unpaired) electrons. The number of hydrogen-bond donors (Lipinski definition) is 2. The summed E-state index contributed by atoms with van der Waals surface area (Å²) in [4.78, 5) is 48.8. The maximum atomic E-state index is 12.0. The number of benzene rings is 1. The van der Waals surface area contributed by atoms with Gasteiger partial charge in [0.2, 0.25) is 0 Å². The summed E-state index contributed by atoms with van der Waals surface area (Å²) < 4.78 is 9.18. The van der Waals surface area contributed by atoms with Crippen molar-refractivity contribution in [1.82, 2.24) is 10.3 Å². The van der Waals surface area contributed by atoms with E-state index in [1.54, 1.807) is 24.3 Å². The largest absolute Gasteiger partial charge is 0.453 e. The number of rotatable bonds is 3. The highest BCUT2D eigenvalue weighted by Crippen LogP contribution is 2.11. The molecule has 1 aromatic carbocycles. The molecular weight excluding hydrogens is 304 g/mol. The fourth-order valence-corrected chi connectivity index (χ4v) is 1.85. The van der Waals surface area contributed by atoms with Crippen molar-refractivity contribution in [3.05, 3.63) is 46.4 Å². The van der Waals surface area contributed by atoms with Crippen molar-refractivity contribution in [2.24, 2.45) is 0 Å². The molecule has 0 fully saturated rings. The summed E-state index contributed by atoms with van der Waals surface area (Å²) in [7, 11) is 1.10. The van der Waals surface area contributed by atoms with Crippen molar-refractivity contribution < 1.29 is 23.9 Å². The topological polar surface area (TPSA) is 115 Å². The summed E-state index contributed by atoms with van der Waals surface area (Å²) in [6.07, 6.45) is -2.20. The third-order valence-corrected chi connectivity index (χ3v) is 3.04. The molecule has 2 N–H and O–H groups in total. The molecule has 0 aliphatic heterocycles. The highest BCUT2D eigenvalue weighted by molar-refractivity contribution is 5.97. The maximum absolute atomic E-state index is 12.0. The number of H-pyrrole nitrogens is 1. The van der Waals surface area contributed by atoms with E-state index in [1.165, 1.54) is 13.0 Å². The average molecular weight is 318 g/mol. The first kappa shape index (κ1) is 16.2. The Morgan fingerprint density at radius 3 is 2.61 bits per heavy atom. The van der Waals surface area contributed by atoms with E-state index in [0.29, 0.717) is 10.8 Å². The van der Waals surface area contributed by atoms with Crippen LogP contribution in [0.4, 0.5) is 4.79 Å². The Morgan fingerprint density at radius 2 is 1.91 bits per heavy atom. The number of fused-ring (bicyclic) bond motifs is 1. The Bertz CT molecular complexity index is 826. The maximum Gasteiger partial charge on any atom is 0.413 e. The summed E-state index contributed by atoms with van der Waals surface area (Å²) in [5.41, 5.74) is -0.534. The number of methoxy groups -OCH3 is 1. The van der Waals surface area contributed by atoms with Gasteiger partial charge in [-0.15, -0.1) is 0 Å². The zero-order valence-corrected chi connectivity index (χ0v) is 12.4. The van der Waals surface area contributed by atoms with Crippen LogP contribution in [0, 0.1) is 0 Å². The molecule has 2 aromatic rings. The van der Waals surface area contributed by atoms with Gasteiger partial charge in [-0.3, -0.25) is 14.9 Å². The number of ether oxygens (including phenoxy) is 2. The van der Waals surface area contributed by atoms with Crippen molar-refractivity contribution in [1.29, 1.82) is 0 Å². The molecule has 2 amide bonds. The van der Waals surface area contributed by atoms with E-state index in [4.69, 9.17) is 4.74 Å². The van der Waals surface area contributed by atoms with E-state index in [9.17, 15) is 19.2 Å². The number of carbonyl (C=O) groups is 3. The molecule has 0 saturated carbocycles. The van der Waals surface area contributed by atoms with Crippen molar-refractivity contribution in [2.75, 3.05) is 7.11 Å². The molecule has 0 aliphatic carbocycles. The molecule has 0 unspecified atom stereocenters. The van der Waals surface area contributed by atoms with Gasteiger partial charge in [-0.25, -0.2) is 9.59 Å². The first-order valence-electron chi connectivity index (χ1n) is 6.64. The quantitative estimate of drug-likeness (QED) is 0.815. The van der Waals surface area contributed by atoms with E-state index in [-0.39, 0.29) is 5.69 Å². The van der Waals surface area contributed by atoms with Gasteiger partial charge in [0.25, 0.3) is 11.5 Å². The number of hydrogen-bond acceptors (Lipinski definition) is 6. The number of aromatic nitrogens is 1. The van der Waals surface area contributed by atoms with Crippen molar-refractivity contribution in [2.45, 2.75) is 13.0 Å². The molecule has 1 aromatic heterocycles. The summed E-state index contributed by atoms with van der Waals surface area (Å²) in [6.45, 7) is 1.29. The van der Waals surface area contributed by atoms with Crippen LogP contribution in [0.15, 0.2) is 35.1 Å². The van der Waals surface area contributed by atoms with E-state index < -0.39 is 29.6 Å². The Morgan fingerprint density at radius 1 is 1.22 bits per heavy atom. The predicted molar refractivity (Wildman–Crippen MR) is 80.0 cm³/mol. The monoisotopic (exact) mass is 318 g/mol. The number of aromatic amines is 1. The Hall–Kier alpha value is -3.16. The summed E-state index contributed by atoms with van der Waals surface area (Å²) in [6, 6.07) is 8.17. The molecule has 0 bridgehead atoms. The van der Waals surface area contributed by atoms with Gasteiger partial charge in [0.15, 0.2) is 6.10 Å². The van der Waals surface area contributed by atoms with Gasteiger partial charge in [0.1, 0.15) is 5.69 Å². The molecule has 0 saturated heterocycles. The van der Waals surface area contributed by atoms with Gasteiger partial charge in [0.05, 0.1) is 7.11 Å². The van der Waals surface area contributed by atoms with Crippen LogP contribution >= 0.6 is 0 Å². The molecular formula is C15H14N2O6. The molecule has 23 heavy (non-hydrogen) atoms. The average Bonchev–Trinajstić information content (AvgIpc) is 2.54. The SMILES string of the molecule is COC(=O)NC(=O)[C@@H](C)OC(=O)c1cc2ccccc2c(=O)[nH]1. The molecule has 8 nitrogen and oxygen atoms in total. The predicted octanol–water partition coefficient (Wildman–Crippen LogP) is 0.956. The second-order valence-electron chi connectivity index (χ2n) is 4.63. The van der Waals surface area contributed by atoms with Crippen LogP contribution < -0.4 is 10.9 Å². The summed E-state index contributed by atoms with van der Waals surface area (Å²) >= 11 is 0. The lowest BCUT2D eigenvalue weighted by Gasteiger charge is -2.12. The van der Waals surface area contributed by atoms with Gasteiger partial charge >= 0.3 is 12.1 Å². The van der Waals surface area contributed by atoms with Crippen LogP contribution in [0.2, 0.25) is 0 Å². The third kappa shape index (κ3) is 3.73.